The van der Waals surface area contributed by atoms with Gasteiger partial charge in [-0.2, -0.15) is 8.42 Å². The molecule has 0 bridgehead atoms. The molecular formula is C12H17N3O2S. The van der Waals surface area contributed by atoms with Crippen LogP contribution in [0.25, 0.3) is 0 Å². The summed E-state index contributed by atoms with van der Waals surface area (Å²) in [5.41, 5.74) is 6.08. The third-order valence-electron chi connectivity index (χ3n) is 2.98. The van der Waals surface area contributed by atoms with Gasteiger partial charge in [-0.05, 0) is 37.6 Å². The summed E-state index contributed by atoms with van der Waals surface area (Å²) in [7, 11) is -3.61. The minimum Gasteiger partial charge on any atom is -0.399 e. The van der Waals surface area contributed by atoms with Crippen molar-refractivity contribution in [3.63, 3.8) is 0 Å². The second kappa shape index (κ2) is 4.97. The zero-order chi connectivity index (χ0) is 13.2. The highest BCUT2D eigenvalue weighted by atomic mass is 32.2. The number of sulfonamides is 1. The summed E-state index contributed by atoms with van der Waals surface area (Å²) in [6, 6.07) is 6.11. The molecule has 1 aliphatic rings. The van der Waals surface area contributed by atoms with Gasteiger partial charge in [0, 0.05) is 25.2 Å². The fraction of sp³-hybridized carbons (Fsp3) is 0.417. The number of anilines is 1. The van der Waals surface area contributed by atoms with Gasteiger partial charge >= 0.3 is 0 Å². The minimum atomic E-state index is -3.61. The molecule has 2 N–H and O–H groups in total. The van der Waals surface area contributed by atoms with Crippen molar-refractivity contribution in [3.8, 4) is 0 Å². The van der Waals surface area contributed by atoms with E-state index < -0.39 is 10.0 Å². The molecule has 6 heteroatoms. The Labute approximate surface area is 107 Å². The summed E-state index contributed by atoms with van der Waals surface area (Å²) < 4.78 is 28.1. The van der Waals surface area contributed by atoms with Crippen LogP contribution in [0.5, 0.6) is 0 Å². The van der Waals surface area contributed by atoms with Crippen LogP contribution in [0.15, 0.2) is 33.6 Å². The van der Waals surface area contributed by atoms with E-state index in [1.807, 2.05) is 11.8 Å². The Balaban J connectivity index is 2.32. The number of nitrogens with two attached hydrogens (primary N) is 1. The molecule has 0 spiro atoms. The van der Waals surface area contributed by atoms with Crippen molar-refractivity contribution < 1.29 is 8.42 Å². The van der Waals surface area contributed by atoms with E-state index in [1.54, 1.807) is 12.1 Å². The lowest BCUT2D eigenvalue weighted by molar-refractivity contribution is 0.479. The number of amidine groups is 1. The zero-order valence-electron chi connectivity index (χ0n) is 10.3. The summed E-state index contributed by atoms with van der Waals surface area (Å²) in [6.45, 7) is 3.67. The van der Waals surface area contributed by atoms with E-state index in [0.717, 1.165) is 25.9 Å². The number of nitrogen functional groups attached to an aromatic ring is 1. The van der Waals surface area contributed by atoms with Gasteiger partial charge in [-0.3, -0.25) is 0 Å². The van der Waals surface area contributed by atoms with Gasteiger partial charge < -0.3 is 10.6 Å². The number of hydrogen-bond donors (Lipinski definition) is 1. The maximum Gasteiger partial charge on any atom is 0.283 e. The highest BCUT2D eigenvalue weighted by Gasteiger charge is 2.21. The van der Waals surface area contributed by atoms with E-state index in [9.17, 15) is 8.42 Å². The molecule has 1 fully saturated rings. The van der Waals surface area contributed by atoms with E-state index in [4.69, 9.17) is 5.73 Å². The molecule has 0 aromatic heterocycles. The first-order valence-corrected chi connectivity index (χ1v) is 7.41. The molecule has 1 aliphatic heterocycles. The summed E-state index contributed by atoms with van der Waals surface area (Å²) in [6.07, 6.45) is 1.69. The first kappa shape index (κ1) is 12.9. The van der Waals surface area contributed by atoms with Crippen molar-refractivity contribution in [2.24, 2.45) is 4.40 Å². The minimum absolute atomic E-state index is 0.187. The fourth-order valence-electron chi connectivity index (χ4n) is 1.99. The van der Waals surface area contributed by atoms with Crippen molar-refractivity contribution in [2.75, 3.05) is 18.8 Å². The van der Waals surface area contributed by atoms with Crippen LogP contribution in [-0.4, -0.2) is 32.2 Å². The average molecular weight is 267 g/mol. The van der Waals surface area contributed by atoms with Gasteiger partial charge in [-0.15, -0.1) is 4.40 Å². The third-order valence-corrected chi connectivity index (χ3v) is 4.30. The standard InChI is InChI=1S/C12H17N3O2S/c1-2-15-9-3-4-12(15)14-18(16,17)11-7-5-10(13)6-8-11/h5-8H,2-4,9,13H2,1H3/b14-12+. The molecule has 2 rings (SSSR count). The summed E-state index contributed by atoms with van der Waals surface area (Å²) in [4.78, 5) is 2.18. The third kappa shape index (κ3) is 2.64. The quantitative estimate of drug-likeness (QED) is 0.841. The Morgan fingerprint density at radius 2 is 2.00 bits per heavy atom. The highest BCUT2D eigenvalue weighted by molar-refractivity contribution is 7.90. The monoisotopic (exact) mass is 267 g/mol. The van der Waals surface area contributed by atoms with Gasteiger partial charge in [0.2, 0.25) is 0 Å². The van der Waals surface area contributed by atoms with Crippen LogP contribution in [0, 0.1) is 0 Å². The summed E-state index contributed by atoms with van der Waals surface area (Å²) in [5.74, 6) is 0.661. The van der Waals surface area contributed by atoms with Gasteiger partial charge in [0.25, 0.3) is 10.0 Å². The van der Waals surface area contributed by atoms with Crippen LogP contribution < -0.4 is 5.73 Å². The largest absolute Gasteiger partial charge is 0.399 e. The lowest BCUT2D eigenvalue weighted by atomic mass is 10.3. The molecule has 5 nitrogen and oxygen atoms in total. The Hall–Kier alpha value is -1.56. The second-order valence-electron chi connectivity index (χ2n) is 4.23. The Morgan fingerprint density at radius 1 is 1.33 bits per heavy atom. The smallest absolute Gasteiger partial charge is 0.283 e. The number of likely N-dealkylation sites (tertiary alicyclic amines) is 1. The van der Waals surface area contributed by atoms with Crippen LogP contribution in [-0.2, 0) is 10.0 Å². The number of rotatable bonds is 3. The van der Waals surface area contributed by atoms with Gasteiger partial charge in [0.15, 0.2) is 0 Å². The van der Waals surface area contributed by atoms with Crippen molar-refractivity contribution in [1.29, 1.82) is 0 Å². The highest BCUT2D eigenvalue weighted by Crippen LogP contribution is 2.18. The lowest BCUT2D eigenvalue weighted by Crippen LogP contribution is -2.25. The molecule has 0 atom stereocenters. The van der Waals surface area contributed by atoms with Crippen molar-refractivity contribution >= 4 is 21.5 Å². The van der Waals surface area contributed by atoms with Gasteiger partial charge in [-0.1, -0.05) is 0 Å². The molecule has 1 aromatic carbocycles. The number of benzene rings is 1. The predicted molar refractivity (Wildman–Crippen MR) is 72.0 cm³/mol. The Morgan fingerprint density at radius 3 is 2.61 bits per heavy atom. The van der Waals surface area contributed by atoms with Crippen LogP contribution in [0.1, 0.15) is 19.8 Å². The van der Waals surface area contributed by atoms with E-state index in [-0.39, 0.29) is 4.90 Å². The maximum atomic E-state index is 12.1. The van der Waals surface area contributed by atoms with Crippen molar-refractivity contribution in [2.45, 2.75) is 24.7 Å². The molecule has 18 heavy (non-hydrogen) atoms. The predicted octanol–water partition coefficient (Wildman–Crippen LogP) is 1.47. The van der Waals surface area contributed by atoms with E-state index in [0.29, 0.717) is 11.5 Å². The van der Waals surface area contributed by atoms with Crippen LogP contribution in [0.4, 0.5) is 5.69 Å². The van der Waals surface area contributed by atoms with Crippen LogP contribution in [0.3, 0.4) is 0 Å². The lowest BCUT2D eigenvalue weighted by Gasteiger charge is -2.15. The van der Waals surface area contributed by atoms with Crippen molar-refractivity contribution in [3.05, 3.63) is 24.3 Å². The molecular weight excluding hydrogens is 250 g/mol. The van der Waals surface area contributed by atoms with Gasteiger partial charge in [-0.25, -0.2) is 0 Å². The van der Waals surface area contributed by atoms with Gasteiger partial charge in [0.1, 0.15) is 5.84 Å². The van der Waals surface area contributed by atoms with Crippen molar-refractivity contribution in [1.82, 2.24) is 4.90 Å². The second-order valence-corrected chi connectivity index (χ2v) is 5.84. The molecule has 0 amide bonds. The molecule has 0 radical (unpaired) electrons. The van der Waals surface area contributed by atoms with E-state index in [1.165, 1.54) is 12.1 Å². The molecule has 0 saturated carbocycles. The molecule has 98 valence electrons. The molecule has 0 unspecified atom stereocenters. The number of nitrogens with zero attached hydrogens (tertiary/aromatic N) is 2. The molecule has 1 saturated heterocycles. The first-order valence-electron chi connectivity index (χ1n) is 5.97. The van der Waals surface area contributed by atoms with Gasteiger partial charge in [0.05, 0.1) is 4.90 Å². The summed E-state index contributed by atoms with van der Waals surface area (Å²) in [5, 5.41) is 0. The Kier molecular flexibility index (Phi) is 3.56. The van der Waals surface area contributed by atoms with Crippen LogP contribution in [0.2, 0.25) is 0 Å². The normalized spacial score (nSPS) is 18.5. The molecule has 1 heterocycles. The molecule has 0 aliphatic carbocycles. The van der Waals surface area contributed by atoms with E-state index >= 15 is 0 Å². The zero-order valence-corrected chi connectivity index (χ0v) is 11.2. The van der Waals surface area contributed by atoms with E-state index in [2.05, 4.69) is 4.40 Å². The SMILES string of the molecule is CCN1CCC/C1=N\S(=O)(=O)c1ccc(N)cc1. The number of hydrogen-bond acceptors (Lipinski definition) is 3. The van der Waals surface area contributed by atoms with Crippen LogP contribution >= 0.6 is 0 Å². The topological polar surface area (TPSA) is 75.8 Å². The molecule has 1 aromatic rings. The Bertz CT molecular complexity index is 549. The average Bonchev–Trinajstić information content (AvgIpc) is 2.76. The summed E-state index contributed by atoms with van der Waals surface area (Å²) >= 11 is 0. The fourth-order valence-corrected chi connectivity index (χ4v) is 3.06. The first-order chi connectivity index (χ1) is 8.53. The maximum absolute atomic E-state index is 12.1.